The Balaban J connectivity index is 1.46. The summed E-state index contributed by atoms with van der Waals surface area (Å²) in [5.41, 5.74) is 0. The van der Waals surface area contributed by atoms with E-state index in [2.05, 4.69) is 47.0 Å². The zero-order chi connectivity index (χ0) is 19.6. The van der Waals surface area contributed by atoms with Gasteiger partial charge in [0.15, 0.2) is 5.96 Å². The highest BCUT2D eigenvalue weighted by Gasteiger charge is 2.31. The molecule has 0 radical (unpaired) electrons. The molecular weight excluding hydrogens is 372 g/mol. The van der Waals surface area contributed by atoms with E-state index in [1.807, 2.05) is 11.3 Å². The summed E-state index contributed by atoms with van der Waals surface area (Å²) < 4.78 is 11.2. The van der Waals surface area contributed by atoms with E-state index in [1.54, 1.807) is 0 Å². The average molecular weight is 409 g/mol. The monoisotopic (exact) mass is 408 g/mol. The number of thiophene rings is 1. The number of ether oxygens (including phenoxy) is 2. The summed E-state index contributed by atoms with van der Waals surface area (Å²) in [6.45, 7) is 8.25. The maximum absolute atomic E-state index is 5.84. The van der Waals surface area contributed by atoms with Crippen molar-refractivity contribution in [1.29, 1.82) is 0 Å². The molecule has 0 spiro atoms. The van der Waals surface area contributed by atoms with Gasteiger partial charge < -0.3 is 20.1 Å². The topological polar surface area (TPSA) is 58.1 Å². The van der Waals surface area contributed by atoms with Gasteiger partial charge in [-0.25, -0.2) is 0 Å². The van der Waals surface area contributed by atoms with E-state index >= 15 is 0 Å². The molecule has 3 atom stereocenters. The van der Waals surface area contributed by atoms with Gasteiger partial charge in [0, 0.05) is 43.8 Å². The number of rotatable bonds is 9. The molecule has 0 amide bonds. The molecule has 1 aromatic rings. The Bertz CT molecular complexity index is 575. The molecule has 1 aromatic heterocycles. The molecule has 0 aliphatic carbocycles. The van der Waals surface area contributed by atoms with Crippen molar-refractivity contribution in [1.82, 2.24) is 15.5 Å². The van der Waals surface area contributed by atoms with Crippen LogP contribution in [0.25, 0.3) is 0 Å². The Morgan fingerprint density at radius 2 is 2.32 bits per heavy atom. The van der Waals surface area contributed by atoms with Crippen LogP contribution in [0.2, 0.25) is 0 Å². The van der Waals surface area contributed by atoms with E-state index in [0.717, 1.165) is 58.3 Å². The number of likely N-dealkylation sites (tertiary alicyclic amines) is 1. The van der Waals surface area contributed by atoms with Gasteiger partial charge in [-0.3, -0.25) is 9.89 Å². The van der Waals surface area contributed by atoms with Crippen LogP contribution in [-0.4, -0.2) is 70.0 Å². The number of guanidine groups is 1. The molecule has 3 rings (SSSR count). The Hall–Kier alpha value is -1.15. The SMILES string of the molecule is CCNC(=NCC1CCCN(C)C1c1cccs1)NCCCOC1CCOC1. The number of piperidine rings is 1. The van der Waals surface area contributed by atoms with Gasteiger partial charge in [0.25, 0.3) is 0 Å². The average Bonchev–Trinajstić information content (AvgIpc) is 3.40. The minimum absolute atomic E-state index is 0.291. The summed E-state index contributed by atoms with van der Waals surface area (Å²) in [4.78, 5) is 8.88. The first kappa shape index (κ1) is 21.6. The van der Waals surface area contributed by atoms with Crippen molar-refractivity contribution in [3.05, 3.63) is 22.4 Å². The zero-order valence-corrected chi connectivity index (χ0v) is 18.2. The maximum Gasteiger partial charge on any atom is 0.191 e. The quantitative estimate of drug-likeness (QED) is 0.374. The summed E-state index contributed by atoms with van der Waals surface area (Å²) >= 11 is 1.87. The van der Waals surface area contributed by atoms with Crippen LogP contribution >= 0.6 is 11.3 Å². The van der Waals surface area contributed by atoms with E-state index < -0.39 is 0 Å². The summed E-state index contributed by atoms with van der Waals surface area (Å²) in [7, 11) is 2.25. The smallest absolute Gasteiger partial charge is 0.191 e. The van der Waals surface area contributed by atoms with Crippen molar-refractivity contribution in [3.63, 3.8) is 0 Å². The van der Waals surface area contributed by atoms with E-state index in [-0.39, 0.29) is 0 Å². The van der Waals surface area contributed by atoms with Crippen LogP contribution in [0.5, 0.6) is 0 Å². The van der Waals surface area contributed by atoms with Crippen molar-refractivity contribution >= 4 is 17.3 Å². The van der Waals surface area contributed by atoms with E-state index in [9.17, 15) is 0 Å². The van der Waals surface area contributed by atoms with Gasteiger partial charge in [-0.05, 0) is 63.6 Å². The highest BCUT2D eigenvalue weighted by Crippen LogP contribution is 2.37. The first-order valence-electron chi connectivity index (χ1n) is 10.7. The Kier molecular flexibility index (Phi) is 9.05. The van der Waals surface area contributed by atoms with Crippen LogP contribution in [0.15, 0.2) is 22.5 Å². The normalized spacial score (nSPS) is 26.5. The molecule has 28 heavy (non-hydrogen) atoms. The van der Waals surface area contributed by atoms with Gasteiger partial charge in [-0.2, -0.15) is 0 Å². The molecule has 0 saturated carbocycles. The van der Waals surface area contributed by atoms with Crippen LogP contribution in [-0.2, 0) is 9.47 Å². The third kappa shape index (κ3) is 6.44. The molecule has 3 unspecified atom stereocenters. The molecule has 0 bridgehead atoms. The van der Waals surface area contributed by atoms with Crippen molar-refractivity contribution < 1.29 is 9.47 Å². The van der Waals surface area contributed by atoms with Gasteiger partial charge in [0.2, 0.25) is 0 Å². The van der Waals surface area contributed by atoms with Crippen molar-refractivity contribution in [2.24, 2.45) is 10.9 Å². The van der Waals surface area contributed by atoms with Crippen molar-refractivity contribution in [3.8, 4) is 0 Å². The number of hydrogen-bond acceptors (Lipinski definition) is 5. The highest BCUT2D eigenvalue weighted by molar-refractivity contribution is 7.10. The third-order valence-corrected chi connectivity index (χ3v) is 6.47. The van der Waals surface area contributed by atoms with Crippen LogP contribution < -0.4 is 10.6 Å². The molecule has 6 nitrogen and oxygen atoms in total. The Morgan fingerprint density at radius 1 is 1.39 bits per heavy atom. The standard InChI is InChI=1S/C21H36N4O2S/c1-3-22-21(23-10-6-12-27-18-9-13-26-16-18)24-15-17-7-4-11-25(2)20(17)19-8-5-14-28-19/h5,8,14,17-18,20H,3-4,6-7,9-13,15-16H2,1-2H3,(H2,22,23,24). The predicted molar refractivity (Wildman–Crippen MR) is 116 cm³/mol. The van der Waals surface area contributed by atoms with Gasteiger partial charge in [0.05, 0.1) is 12.7 Å². The number of nitrogens with one attached hydrogen (secondary N) is 2. The van der Waals surface area contributed by atoms with Gasteiger partial charge in [0.1, 0.15) is 0 Å². The fraction of sp³-hybridized carbons (Fsp3) is 0.762. The minimum Gasteiger partial charge on any atom is -0.379 e. The van der Waals surface area contributed by atoms with Crippen molar-refractivity contribution in [2.75, 3.05) is 53.0 Å². The zero-order valence-electron chi connectivity index (χ0n) is 17.4. The van der Waals surface area contributed by atoms with Crippen LogP contribution in [0, 0.1) is 5.92 Å². The van der Waals surface area contributed by atoms with E-state index in [4.69, 9.17) is 14.5 Å². The molecule has 2 aliphatic rings. The maximum atomic E-state index is 5.84. The predicted octanol–water partition coefficient (Wildman–Crippen LogP) is 2.88. The fourth-order valence-corrected chi connectivity index (χ4v) is 5.07. The Morgan fingerprint density at radius 3 is 3.07 bits per heavy atom. The summed E-state index contributed by atoms with van der Waals surface area (Å²) in [6, 6.07) is 4.92. The van der Waals surface area contributed by atoms with Gasteiger partial charge in [-0.15, -0.1) is 11.3 Å². The van der Waals surface area contributed by atoms with E-state index in [0.29, 0.717) is 18.1 Å². The second-order valence-electron chi connectivity index (χ2n) is 7.70. The second-order valence-corrected chi connectivity index (χ2v) is 8.68. The summed E-state index contributed by atoms with van der Waals surface area (Å²) in [5, 5.41) is 9.03. The molecule has 2 fully saturated rings. The van der Waals surface area contributed by atoms with Gasteiger partial charge >= 0.3 is 0 Å². The van der Waals surface area contributed by atoms with Crippen molar-refractivity contribution in [2.45, 2.75) is 44.8 Å². The number of aliphatic imine (C=N–C) groups is 1. The molecular formula is C21H36N4O2S. The lowest BCUT2D eigenvalue weighted by Crippen LogP contribution is -2.40. The Labute approximate surface area is 173 Å². The molecule has 0 aromatic carbocycles. The van der Waals surface area contributed by atoms with E-state index in [1.165, 1.54) is 24.3 Å². The molecule has 158 valence electrons. The second kappa shape index (κ2) is 11.8. The first-order chi connectivity index (χ1) is 13.8. The molecule has 2 saturated heterocycles. The van der Waals surface area contributed by atoms with Gasteiger partial charge in [-0.1, -0.05) is 6.07 Å². The lowest BCUT2D eigenvalue weighted by atomic mass is 9.88. The summed E-state index contributed by atoms with van der Waals surface area (Å²) in [5.74, 6) is 1.49. The van der Waals surface area contributed by atoms with Crippen LogP contribution in [0.4, 0.5) is 0 Å². The fourth-order valence-electron chi connectivity index (χ4n) is 4.08. The molecule has 2 N–H and O–H groups in total. The van der Waals surface area contributed by atoms with Crippen LogP contribution in [0.3, 0.4) is 0 Å². The molecule has 3 heterocycles. The molecule has 7 heteroatoms. The third-order valence-electron chi connectivity index (χ3n) is 5.52. The largest absolute Gasteiger partial charge is 0.379 e. The first-order valence-corrected chi connectivity index (χ1v) is 11.6. The molecule has 2 aliphatic heterocycles. The lowest BCUT2D eigenvalue weighted by Gasteiger charge is -2.38. The van der Waals surface area contributed by atoms with Crippen LogP contribution in [0.1, 0.15) is 43.5 Å². The number of nitrogens with zero attached hydrogens (tertiary/aromatic N) is 2. The summed E-state index contributed by atoms with van der Waals surface area (Å²) in [6.07, 6.45) is 4.79. The lowest BCUT2D eigenvalue weighted by molar-refractivity contribution is 0.0420. The highest BCUT2D eigenvalue weighted by atomic mass is 32.1. The number of hydrogen-bond donors (Lipinski definition) is 2. The minimum atomic E-state index is 0.291.